The molecule has 0 atom stereocenters. The van der Waals surface area contributed by atoms with Crippen molar-refractivity contribution < 1.29 is 14.3 Å². The largest absolute Gasteiger partial charge is 0.484 e. The molecule has 0 fully saturated rings. The average Bonchev–Trinajstić information content (AvgIpc) is 2.37. The number of benzene rings is 1. The third kappa shape index (κ3) is 4.59. The van der Waals surface area contributed by atoms with Gasteiger partial charge in [0.25, 0.3) is 5.91 Å². The first-order valence-electron chi connectivity index (χ1n) is 5.88. The Morgan fingerprint density at radius 1 is 1.26 bits per heavy atom. The number of carbonyl (C=O) groups excluding carboxylic acids is 2. The van der Waals surface area contributed by atoms with Crippen LogP contribution >= 0.6 is 0 Å². The predicted molar refractivity (Wildman–Crippen MR) is 72.6 cm³/mol. The molecule has 0 heterocycles. The lowest BCUT2D eigenvalue weighted by atomic mass is 9.92. The maximum absolute atomic E-state index is 11.9. The molecule has 0 aliphatic carbocycles. The molecular formula is C13H19N3O3. The Labute approximate surface area is 112 Å². The minimum atomic E-state index is -0.624. The van der Waals surface area contributed by atoms with Gasteiger partial charge in [-0.1, -0.05) is 0 Å². The summed E-state index contributed by atoms with van der Waals surface area (Å²) < 4.78 is 5.11. The SMILES string of the molecule is CC(C)(CN)C(=O)Nc1ccc(OCC(N)=O)cc1. The van der Waals surface area contributed by atoms with Gasteiger partial charge in [-0.05, 0) is 38.1 Å². The standard InChI is InChI=1S/C13H19N3O3/c1-13(2,8-14)12(18)16-9-3-5-10(6-4-9)19-7-11(15)17/h3-6H,7-8,14H2,1-2H3,(H2,15,17)(H,16,18). The molecule has 5 N–H and O–H groups in total. The van der Waals surface area contributed by atoms with Crippen molar-refractivity contribution >= 4 is 17.5 Å². The van der Waals surface area contributed by atoms with E-state index in [-0.39, 0.29) is 19.1 Å². The van der Waals surface area contributed by atoms with Crippen molar-refractivity contribution in [2.75, 3.05) is 18.5 Å². The van der Waals surface area contributed by atoms with Gasteiger partial charge in [0.1, 0.15) is 5.75 Å². The van der Waals surface area contributed by atoms with Crippen LogP contribution in [0.2, 0.25) is 0 Å². The molecule has 104 valence electrons. The van der Waals surface area contributed by atoms with Crippen LogP contribution in [0.15, 0.2) is 24.3 Å². The Morgan fingerprint density at radius 2 is 1.84 bits per heavy atom. The van der Waals surface area contributed by atoms with Crippen molar-refractivity contribution in [3.05, 3.63) is 24.3 Å². The van der Waals surface area contributed by atoms with Gasteiger partial charge in [0, 0.05) is 12.2 Å². The van der Waals surface area contributed by atoms with E-state index < -0.39 is 11.3 Å². The topological polar surface area (TPSA) is 107 Å². The van der Waals surface area contributed by atoms with Gasteiger partial charge < -0.3 is 21.5 Å². The molecule has 0 radical (unpaired) electrons. The molecule has 0 aromatic heterocycles. The number of hydrogen-bond donors (Lipinski definition) is 3. The molecule has 0 aliphatic heterocycles. The van der Waals surface area contributed by atoms with Crippen LogP contribution in [-0.2, 0) is 9.59 Å². The molecule has 0 unspecified atom stereocenters. The summed E-state index contributed by atoms with van der Waals surface area (Å²) >= 11 is 0. The number of ether oxygens (including phenoxy) is 1. The molecule has 0 aliphatic rings. The van der Waals surface area contributed by atoms with E-state index in [0.717, 1.165) is 0 Å². The van der Waals surface area contributed by atoms with E-state index in [2.05, 4.69) is 5.32 Å². The Morgan fingerprint density at radius 3 is 2.32 bits per heavy atom. The minimum Gasteiger partial charge on any atom is -0.484 e. The second-order valence-corrected chi connectivity index (χ2v) is 4.82. The highest BCUT2D eigenvalue weighted by atomic mass is 16.5. The first kappa shape index (κ1) is 15.0. The summed E-state index contributed by atoms with van der Waals surface area (Å²) in [6.45, 7) is 3.63. The summed E-state index contributed by atoms with van der Waals surface area (Å²) in [5.41, 5.74) is 10.5. The molecule has 2 amide bonds. The first-order valence-corrected chi connectivity index (χ1v) is 5.88. The summed E-state index contributed by atoms with van der Waals surface area (Å²) in [6.07, 6.45) is 0. The number of nitrogens with one attached hydrogen (secondary N) is 1. The smallest absolute Gasteiger partial charge is 0.255 e. The van der Waals surface area contributed by atoms with Crippen LogP contribution in [0.4, 0.5) is 5.69 Å². The van der Waals surface area contributed by atoms with Crippen LogP contribution in [0, 0.1) is 5.41 Å². The fourth-order valence-electron chi connectivity index (χ4n) is 1.18. The van der Waals surface area contributed by atoms with Gasteiger partial charge in [-0.25, -0.2) is 0 Å². The quantitative estimate of drug-likeness (QED) is 0.695. The van der Waals surface area contributed by atoms with Gasteiger partial charge in [0.2, 0.25) is 5.91 Å². The third-order valence-electron chi connectivity index (χ3n) is 2.62. The molecule has 0 saturated carbocycles. The van der Waals surface area contributed by atoms with Gasteiger partial charge in [-0.15, -0.1) is 0 Å². The lowest BCUT2D eigenvalue weighted by Crippen LogP contribution is -2.37. The molecule has 0 spiro atoms. The lowest BCUT2D eigenvalue weighted by molar-refractivity contribution is -0.123. The van der Waals surface area contributed by atoms with Crippen molar-refractivity contribution in [3.63, 3.8) is 0 Å². The Bertz CT molecular complexity index is 455. The van der Waals surface area contributed by atoms with E-state index in [4.69, 9.17) is 16.2 Å². The van der Waals surface area contributed by atoms with E-state index in [1.165, 1.54) is 0 Å². The molecule has 6 nitrogen and oxygen atoms in total. The van der Waals surface area contributed by atoms with Crippen LogP contribution in [0.5, 0.6) is 5.75 Å². The first-order chi connectivity index (χ1) is 8.85. The number of rotatable bonds is 6. The predicted octanol–water partition coefficient (Wildman–Crippen LogP) is 0.474. The van der Waals surface area contributed by atoms with Gasteiger partial charge >= 0.3 is 0 Å². The zero-order valence-electron chi connectivity index (χ0n) is 11.1. The molecule has 0 bridgehead atoms. The van der Waals surface area contributed by atoms with Crippen molar-refractivity contribution in [3.8, 4) is 5.75 Å². The molecular weight excluding hydrogens is 246 g/mol. The van der Waals surface area contributed by atoms with E-state index >= 15 is 0 Å². The van der Waals surface area contributed by atoms with Crippen LogP contribution in [0.25, 0.3) is 0 Å². The van der Waals surface area contributed by atoms with Crippen molar-refractivity contribution in [1.29, 1.82) is 0 Å². The van der Waals surface area contributed by atoms with Crippen LogP contribution in [0.1, 0.15) is 13.8 Å². The highest BCUT2D eigenvalue weighted by molar-refractivity contribution is 5.95. The molecule has 1 aromatic rings. The number of nitrogens with two attached hydrogens (primary N) is 2. The van der Waals surface area contributed by atoms with Gasteiger partial charge in [-0.2, -0.15) is 0 Å². The summed E-state index contributed by atoms with van der Waals surface area (Å²) in [4.78, 5) is 22.4. The average molecular weight is 265 g/mol. The summed E-state index contributed by atoms with van der Waals surface area (Å²) in [6, 6.07) is 6.66. The van der Waals surface area contributed by atoms with Crippen molar-refractivity contribution in [2.24, 2.45) is 16.9 Å². The third-order valence-corrected chi connectivity index (χ3v) is 2.62. The highest BCUT2D eigenvalue weighted by Crippen LogP contribution is 2.19. The summed E-state index contributed by atoms with van der Waals surface area (Å²) in [7, 11) is 0. The number of hydrogen-bond acceptors (Lipinski definition) is 4. The maximum Gasteiger partial charge on any atom is 0.255 e. The second-order valence-electron chi connectivity index (χ2n) is 4.82. The van der Waals surface area contributed by atoms with E-state index in [9.17, 15) is 9.59 Å². The van der Waals surface area contributed by atoms with E-state index in [0.29, 0.717) is 11.4 Å². The van der Waals surface area contributed by atoms with Gasteiger partial charge in [0.15, 0.2) is 6.61 Å². The van der Waals surface area contributed by atoms with E-state index in [1.807, 2.05) is 0 Å². The number of anilines is 1. The van der Waals surface area contributed by atoms with Crippen molar-refractivity contribution in [2.45, 2.75) is 13.8 Å². The summed E-state index contributed by atoms with van der Waals surface area (Å²) in [5.74, 6) is -0.183. The molecule has 1 aromatic carbocycles. The molecule has 6 heteroatoms. The molecule has 1 rings (SSSR count). The maximum atomic E-state index is 11.9. The summed E-state index contributed by atoms with van der Waals surface area (Å²) in [5, 5.41) is 2.76. The second kappa shape index (κ2) is 6.19. The Kier molecular flexibility index (Phi) is 4.88. The monoisotopic (exact) mass is 265 g/mol. The van der Waals surface area contributed by atoms with Crippen molar-refractivity contribution in [1.82, 2.24) is 0 Å². The number of carbonyl (C=O) groups is 2. The highest BCUT2D eigenvalue weighted by Gasteiger charge is 2.25. The Hall–Kier alpha value is -2.08. The minimum absolute atomic E-state index is 0.152. The number of primary amides is 1. The van der Waals surface area contributed by atoms with Gasteiger partial charge in [-0.3, -0.25) is 9.59 Å². The zero-order chi connectivity index (χ0) is 14.5. The zero-order valence-corrected chi connectivity index (χ0v) is 11.1. The molecule has 0 saturated heterocycles. The van der Waals surface area contributed by atoms with Crippen LogP contribution in [0.3, 0.4) is 0 Å². The van der Waals surface area contributed by atoms with Gasteiger partial charge in [0.05, 0.1) is 5.41 Å². The lowest BCUT2D eigenvalue weighted by Gasteiger charge is -2.21. The number of amides is 2. The fraction of sp³-hybridized carbons (Fsp3) is 0.385. The van der Waals surface area contributed by atoms with Crippen LogP contribution < -0.4 is 21.5 Å². The Balaban J connectivity index is 2.62. The fourth-order valence-corrected chi connectivity index (χ4v) is 1.18. The van der Waals surface area contributed by atoms with Crippen LogP contribution in [-0.4, -0.2) is 25.0 Å². The molecule has 19 heavy (non-hydrogen) atoms. The van der Waals surface area contributed by atoms with E-state index in [1.54, 1.807) is 38.1 Å². The normalized spacial score (nSPS) is 10.9.